The van der Waals surface area contributed by atoms with E-state index in [4.69, 9.17) is 0 Å². The summed E-state index contributed by atoms with van der Waals surface area (Å²) in [7, 11) is 4.03. The molecule has 0 spiro atoms. The molecule has 0 saturated heterocycles. The number of rotatable bonds is 7. The maximum atomic E-state index is 12.0. The summed E-state index contributed by atoms with van der Waals surface area (Å²) in [5, 5.41) is 14.2. The fourth-order valence-corrected chi connectivity index (χ4v) is 2.97. The molecule has 2 N–H and O–H groups in total. The fraction of sp³-hybridized carbons (Fsp3) is 0.467. The van der Waals surface area contributed by atoms with Gasteiger partial charge in [-0.15, -0.1) is 0 Å². The second-order valence-corrected chi connectivity index (χ2v) is 6.30. The van der Waals surface area contributed by atoms with Gasteiger partial charge in [-0.25, -0.2) is 4.79 Å². The highest BCUT2D eigenvalue weighted by atomic mass is 32.1. The highest BCUT2D eigenvalue weighted by molar-refractivity contribution is 7.07. The van der Waals surface area contributed by atoms with E-state index in [0.29, 0.717) is 13.1 Å². The van der Waals surface area contributed by atoms with Crippen LogP contribution in [0.25, 0.3) is 0 Å². The molecule has 0 aliphatic heterocycles. The molecule has 0 aromatic carbocycles. The first kappa shape index (κ1) is 16.5. The van der Waals surface area contributed by atoms with E-state index < -0.39 is 0 Å². The van der Waals surface area contributed by atoms with Gasteiger partial charge in [-0.05, 0) is 49.5 Å². The molecule has 0 fully saturated rings. The number of carbonyl (C=O) groups excluding carboxylic acids is 1. The van der Waals surface area contributed by atoms with Gasteiger partial charge in [0.25, 0.3) is 0 Å². The number of aromatic nitrogens is 2. The largest absolute Gasteiger partial charge is 0.336 e. The average Bonchev–Trinajstić information content (AvgIpc) is 3.11. The van der Waals surface area contributed by atoms with Gasteiger partial charge in [0.05, 0.1) is 12.6 Å². The van der Waals surface area contributed by atoms with Crippen molar-refractivity contribution in [1.29, 1.82) is 0 Å². The van der Waals surface area contributed by atoms with Crippen LogP contribution in [0, 0.1) is 0 Å². The van der Waals surface area contributed by atoms with Crippen LogP contribution in [0.15, 0.2) is 35.3 Å². The van der Waals surface area contributed by atoms with Crippen LogP contribution in [0.5, 0.6) is 0 Å². The van der Waals surface area contributed by atoms with E-state index in [2.05, 4.69) is 37.5 Å². The highest BCUT2D eigenvalue weighted by Gasteiger charge is 2.16. The Kier molecular flexibility index (Phi) is 5.97. The number of amides is 2. The number of nitrogens with one attached hydrogen (secondary N) is 2. The van der Waals surface area contributed by atoms with Crippen LogP contribution in [0.1, 0.15) is 18.5 Å². The third-order valence-corrected chi connectivity index (χ3v) is 4.11. The van der Waals surface area contributed by atoms with Crippen molar-refractivity contribution in [1.82, 2.24) is 25.3 Å². The molecule has 2 atom stereocenters. The molecule has 0 aliphatic rings. The summed E-state index contributed by atoms with van der Waals surface area (Å²) in [5.74, 6) is 0. The summed E-state index contributed by atoms with van der Waals surface area (Å²) >= 11 is 1.67. The van der Waals surface area contributed by atoms with Crippen LogP contribution in [-0.4, -0.2) is 47.4 Å². The second kappa shape index (κ2) is 7.95. The molecule has 0 unspecified atom stereocenters. The Labute approximate surface area is 135 Å². The topological polar surface area (TPSA) is 62.2 Å². The van der Waals surface area contributed by atoms with Gasteiger partial charge < -0.3 is 15.5 Å². The number of carbonyl (C=O) groups is 1. The minimum atomic E-state index is -0.151. The summed E-state index contributed by atoms with van der Waals surface area (Å²) in [6.45, 7) is 3.19. The van der Waals surface area contributed by atoms with Crippen molar-refractivity contribution < 1.29 is 4.79 Å². The molecule has 22 heavy (non-hydrogen) atoms. The molecule has 2 heterocycles. The number of urea groups is 1. The number of nitrogens with zero attached hydrogens (tertiary/aromatic N) is 3. The molecule has 6 nitrogen and oxygen atoms in total. The number of hydrogen-bond acceptors (Lipinski definition) is 4. The maximum Gasteiger partial charge on any atom is 0.315 e. The zero-order valence-electron chi connectivity index (χ0n) is 13.2. The van der Waals surface area contributed by atoms with E-state index in [0.717, 1.165) is 0 Å². The van der Waals surface area contributed by atoms with Crippen molar-refractivity contribution in [2.24, 2.45) is 0 Å². The Balaban J connectivity index is 1.78. The minimum Gasteiger partial charge on any atom is -0.336 e. The summed E-state index contributed by atoms with van der Waals surface area (Å²) in [5.41, 5.74) is 1.22. The second-order valence-electron chi connectivity index (χ2n) is 5.52. The number of thiophene rings is 1. The van der Waals surface area contributed by atoms with Crippen molar-refractivity contribution in [3.8, 4) is 0 Å². The first-order valence-corrected chi connectivity index (χ1v) is 8.21. The van der Waals surface area contributed by atoms with Gasteiger partial charge in [0, 0.05) is 25.0 Å². The molecule has 2 rings (SSSR count). The summed E-state index contributed by atoms with van der Waals surface area (Å²) < 4.78 is 1.80. The van der Waals surface area contributed by atoms with Crippen LogP contribution >= 0.6 is 11.3 Å². The zero-order chi connectivity index (χ0) is 15.9. The Morgan fingerprint density at radius 1 is 1.50 bits per heavy atom. The highest BCUT2D eigenvalue weighted by Crippen LogP contribution is 2.19. The van der Waals surface area contributed by atoms with E-state index >= 15 is 0 Å². The van der Waals surface area contributed by atoms with Gasteiger partial charge >= 0.3 is 6.03 Å². The third kappa shape index (κ3) is 4.85. The van der Waals surface area contributed by atoms with E-state index in [-0.39, 0.29) is 18.1 Å². The monoisotopic (exact) mass is 321 g/mol. The minimum absolute atomic E-state index is 0.0128. The predicted octanol–water partition coefficient (Wildman–Crippen LogP) is 1.94. The van der Waals surface area contributed by atoms with Crippen LogP contribution in [0.2, 0.25) is 0 Å². The van der Waals surface area contributed by atoms with Crippen LogP contribution in [0.4, 0.5) is 4.79 Å². The lowest BCUT2D eigenvalue weighted by Gasteiger charge is -2.24. The normalized spacial score (nSPS) is 13.8. The number of hydrogen-bond donors (Lipinski definition) is 2. The molecule has 7 heteroatoms. The van der Waals surface area contributed by atoms with Crippen molar-refractivity contribution in [3.05, 3.63) is 40.8 Å². The summed E-state index contributed by atoms with van der Waals surface area (Å²) in [6.07, 6.45) is 3.62. The Bertz CT molecular complexity index is 553. The number of likely N-dealkylation sites (N-methyl/N-ethyl adjacent to an activating group) is 1. The lowest BCUT2D eigenvalue weighted by Crippen LogP contribution is -2.45. The van der Waals surface area contributed by atoms with Gasteiger partial charge in [-0.2, -0.15) is 16.4 Å². The molecule has 2 amide bonds. The Hall–Kier alpha value is -1.86. The molecule has 120 valence electrons. The Morgan fingerprint density at radius 2 is 2.32 bits per heavy atom. The molecule has 2 aromatic rings. The van der Waals surface area contributed by atoms with Crippen LogP contribution < -0.4 is 10.6 Å². The zero-order valence-corrected chi connectivity index (χ0v) is 14.0. The van der Waals surface area contributed by atoms with E-state index in [1.807, 2.05) is 33.3 Å². The third-order valence-electron chi connectivity index (χ3n) is 3.40. The SMILES string of the molecule is C[C@@H](Cn1cccn1)NC(=O)NC[C@@H](c1ccsc1)N(C)C. The molecule has 0 bridgehead atoms. The van der Waals surface area contributed by atoms with Crippen LogP contribution in [0.3, 0.4) is 0 Å². The van der Waals surface area contributed by atoms with Crippen molar-refractivity contribution >= 4 is 17.4 Å². The van der Waals surface area contributed by atoms with Gasteiger partial charge in [-0.1, -0.05) is 0 Å². The Morgan fingerprint density at radius 3 is 2.91 bits per heavy atom. The lowest BCUT2D eigenvalue weighted by molar-refractivity contribution is 0.228. The van der Waals surface area contributed by atoms with Crippen molar-refractivity contribution in [2.75, 3.05) is 20.6 Å². The molecule has 2 aromatic heterocycles. The van der Waals surface area contributed by atoms with Gasteiger partial charge in [0.15, 0.2) is 0 Å². The van der Waals surface area contributed by atoms with Gasteiger partial charge in [0.2, 0.25) is 0 Å². The van der Waals surface area contributed by atoms with Gasteiger partial charge in [-0.3, -0.25) is 4.68 Å². The van der Waals surface area contributed by atoms with Crippen molar-refractivity contribution in [3.63, 3.8) is 0 Å². The molecular formula is C15H23N5OS. The maximum absolute atomic E-state index is 12.0. The van der Waals surface area contributed by atoms with Crippen LogP contribution in [-0.2, 0) is 6.54 Å². The molecule has 0 saturated carbocycles. The summed E-state index contributed by atoms with van der Waals surface area (Å²) in [4.78, 5) is 14.1. The van der Waals surface area contributed by atoms with E-state index in [1.54, 1.807) is 22.2 Å². The predicted molar refractivity (Wildman–Crippen MR) is 89.0 cm³/mol. The first-order chi connectivity index (χ1) is 10.6. The standard InChI is InChI=1S/C15H23N5OS/c1-12(10-20-7-4-6-17-20)18-15(21)16-9-14(19(2)3)13-5-8-22-11-13/h4-8,11-12,14H,9-10H2,1-3H3,(H2,16,18,21)/t12-,14-/m0/s1. The molecule has 0 radical (unpaired) electrons. The molecular weight excluding hydrogens is 298 g/mol. The fourth-order valence-electron chi connectivity index (χ4n) is 2.26. The first-order valence-electron chi connectivity index (χ1n) is 7.26. The lowest BCUT2D eigenvalue weighted by atomic mass is 10.1. The van der Waals surface area contributed by atoms with Gasteiger partial charge in [0.1, 0.15) is 0 Å². The average molecular weight is 321 g/mol. The summed E-state index contributed by atoms with van der Waals surface area (Å²) in [6, 6.07) is 4.00. The molecule has 0 aliphatic carbocycles. The smallest absolute Gasteiger partial charge is 0.315 e. The van der Waals surface area contributed by atoms with Crippen molar-refractivity contribution in [2.45, 2.75) is 25.6 Å². The van der Waals surface area contributed by atoms with E-state index in [9.17, 15) is 4.79 Å². The van der Waals surface area contributed by atoms with E-state index in [1.165, 1.54) is 5.56 Å². The quantitative estimate of drug-likeness (QED) is 0.819.